The van der Waals surface area contributed by atoms with E-state index in [0.29, 0.717) is 11.1 Å². The lowest BCUT2D eigenvalue weighted by molar-refractivity contribution is 1.15. The van der Waals surface area contributed by atoms with Crippen LogP contribution in [0.1, 0.15) is 11.1 Å². The molecule has 254 valence electrons. The molecule has 11 aromatic rings. The summed E-state index contributed by atoms with van der Waals surface area (Å²) in [7, 11) is 0. The molecule has 8 aromatic carbocycles. The molecule has 0 saturated carbocycles. The average Bonchev–Trinajstić information content (AvgIpc) is 3.88. The minimum Gasteiger partial charge on any atom is -0.309 e. The van der Waals surface area contributed by atoms with Crippen molar-refractivity contribution in [3.8, 4) is 40.3 Å². The molecule has 5 heteroatoms. The van der Waals surface area contributed by atoms with E-state index in [0.717, 1.165) is 61.0 Å². The second-order valence-corrected chi connectivity index (χ2v) is 14.0. The number of nitrogens with zero attached hydrogens (tertiary/aromatic N) is 5. The predicted molar refractivity (Wildman–Crippen MR) is 224 cm³/mol. The Bertz CT molecular complexity index is 3400. The van der Waals surface area contributed by atoms with Crippen molar-refractivity contribution in [2.24, 2.45) is 0 Å². The Kier molecular flexibility index (Phi) is 6.61. The minimum atomic E-state index is 0.584. The van der Waals surface area contributed by atoms with Gasteiger partial charge in [-0.25, -0.2) is 0 Å². The maximum absolute atomic E-state index is 10.5. The van der Waals surface area contributed by atoms with Gasteiger partial charge in [-0.3, -0.25) is 0 Å². The summed E-state index contributed by atoms with van der Waals surface area (Å²) in [6, 6.07) is 66.0. The molecule has 0 atom stereocenters. The van der Waals surface area contributed by atoms with Gasteiger partial charge in [0.25, 0.3) is 0 Å². The van der Waals surface area contributed by atoms with Crippen molar-refractivity contribution < 1.29 is 0 Å². The molecule has 0 spiro atoms. The summed E-state index contributed by atoms with van der Waals surface area (Å²) in [6.45, 7) is 0. The molecule has 0 aliphatic carbocycles. The first kappa shape index (κ1) is 30.7. The van der Waals surface area contributed by atoms with Crippen LogP contribution in [0.4, 0.5) is 0 Å². The van der Waals surface area contributed by atoms with E-state index in [9.17, 15) is 10.5 Å². The fourth-order valence-corrected chi connectivity index (χ4v) is 8.70. The Balaban J connectivity index is 1.04. The highest BCUT2D eigenvalue weighted by Crippen LogP contribution is 2.38. The van der Waals surface area contributed by atoms with Crippen molar-refractivity contribution in [1.29, 1.82) is 10.5 Å². The van der Waals surface area contributed by atoms with E-state index < -0.39 is 0 Å². The molecule has 0 aliphatic rings. The van der Waals surface area contributed by atoms with Gasteiger partial charge in [-0.1, -0.05) is 103 Å². The van der Waals surface area contributed by atoms with Crippen molar-refractivity contribution in [1.82, 2.24) is 13.7 Å². The molecule has 0 fully saturated rings. The molecule has 0 bridgehead atoms. The maximum atomic E-state index is 10.5. The highest BCUT2D eigenvalue weighted by atomic mass is 15.0. The standard InChI is InChI=1S/C50H29N5/c51-30-32-17-24-43-41-11-4-8-16-48(41)55(49(43)27-32)36-22-25-38(34(28-36)31-52)33-18-20-35(21-19-33)53-45-13-5-3-12-42(45)44-26-23-37(29-50(44)53)54-46-14-6-1-9-39(46)40-10-2-7-15-47(40)54/h1-29H. The number of hydrogen-bond acceptors (Lipinski definition) is 2. The predicted octanol–water partition coefficient (Wildman–Crippen LogP) is 12.4. The topological polar surface area (TPSA) is 62.4 Å². The second-order valence-electron chi connectivity index (χ2n) is 14.0. The SMILES string of the molecule is N#Cc1ccc2c3ccccc3n(-c3ccc(-c4ccc(-n5c6ccccc6c6ccc(-n7c8ccccc8c8ccccc87)cc65)cc4)c(C#N)c3)c2c1. The molecule has 0 radical (unpaired) electrons. The van der Waals surface area contributed by atoms with Gasteiger partial charge in [0.1, 0.15) is 0 Å². The van der Waals surface area contributed by atoms with Crippen LogP contribution in [0.3, 0.4) is 0 Å². The van der Waals surface area contributed by atoms with Crippen LogP contribution in [0.5, 0.6) is 0 Å². The van der Waals surface area contributed by atoms with Crippen LogP contribution in [0.25, 0.3) is 93.6 Å². The monoisotopic (exact) mass is 699 g/mol. The van der Waals surface area contributed by atoms with Gasteiger partial charge in [0, 0.05) is 49.4 Å². The lowest BCUT2D eigenvalue weighted by Gasteiger charge is -2.13. The first-order chi connectivity index (χ1) is 27.2. The van der Waals surface area contributed by atoms with E-state index in [-0.39, 0.29) is 0 Å². The third-order valence-corrected chi connectivity index (χ3v) is 11.1. The van der Waals surface area contributed by atoms with Crippen molar-refractivity contribution in [2.45, 2.75) is 0 Å². The molecule has 5 nitrogen and oxygen atoms in total. The van der Waals surface area contributed by atoms with Crippen LogP contribution in [0, 0.1) is 22.7 Å². The molecule has 3 aromatic heterocycles. The van der Waals surface area contributed by atoms with Crippen LogP contribution >= 0.6 is 0 Å². The quantitative estimate of drug-likeness (QED) is 0.184. The average molecular weight is 700 g/mol. The number of nitriles is 2. The van der Waals surface area contributed by atoms with Gasteiger partial charge < -0.3 is 13.7 Å². The van der Waals surface area contributed by atoms with Crippen molar-refractivity contribution in [3.05, 3.63) is 187 Å². The zero-order valence-electron chi connectivity index (χ0n) is 29.5. The molecule has 0 saturated heterocycles. The lowest BCUT2D eigenvalue weighted by atomic mass is 9.99. The third kappa shape index (κ3) is 4.51. The van der Waals surface area contributed by atoms with E-state index in [1.807, 2.05) is 42.5 Å². The van der Waals surface area contributed by atoms with Gasteiger partial charge in [0.15, 0.2) is 0 Å². The van der Waals surface area contributed by atoms with Gasteiger partial charge in [0.2, 0.25) is 0 Å². The molecular weight excluding hydrogens is 671 g/mol. The van der Waals surface area contributed by atoms with E-state index >= 15 is 0 Å². The van der Waals surface area contributed by atoms with Gasteiger partial charge in [-0.05, 0) is 83.9 Å². The maximum Gasteiger partial charge on any atom is 0.0998 e. The van der Waals surface area contributed by atoms with E-state index in [2.05, 4.69) is 159 Å². The lowest BCUT2D eigenvalue weighted by Crippen LogP contribution is -1.98. The summed E-state index contributed by atoms with van der Waals surface area (Å²) >= 11 is 0. The van der Waals surface area contributed by atoms with Gasteiger partial charge in [-0.15, -0.1) is 0 Å². The van der Waals surface area contributed by atoms with Gasteiger partial charge >= 0.3 is 0 Å². The third-order valence-electron chi connectivity index (χ3n) is 11.1. The second kappa shape index (κ2) is 11.8. The Morgan fingerprint density at radius 3 is 1.29 bits per heavy atom. The van der Waals surface area contributed by atoms with Crippen LogP contribution in [-0.4, -0.2) is 13.7 Å². The largest absolute Gasteiger partial charge is 0.309 e. The van der Waals surface area contributed by atoms with Crippen LogP contribution < -0.4 is 0 Å². The Hall–Kier alpha value is -7.86. The first-order valence-electron chi connectivity index (χ1n) is 18.3. The highest BCUT2D eigenvalue weighted by molar-refractivity contribution is 6.12. The van der Waals surface area contributed by atoms with Gasteiger partial charge in [-0.2, -0.15) is 10.5 Å². The Labute approximate surface area is 316 Å². The first-order valence-corrected chi connectivity index (χ1v) is 18.3. The minimum absolute atomic E-state index is 0.584. The van der Waals surface area contributed by atoms with E-state index in [1.165, 1.54) is 32.6 Å². The van der Waals surface area contributed by atoms with Crippen LogP contribution in [-0.2, 0) is 0 Å². The molecule has 11 rings (SSSR count). The smallest absolute Gasteiger partial charge is 0.0998 e. The number of fused-ring (bicyclic) bond motifs is 9. The summed E-state index contributed by atoms with van der Waals surface area (Å²) in [5.74, 6) is 0. The summed E-state index contributed by atoms with van der Waals surface area (Å²) in [6.07, 6.45) is 0. The zero-order chi connectivity index (χ0) is 36.6. The van der Waals surface area contributed by atoms with Crippen molar-refractivity contribution >= 4 is 65.4 Å². The molecule has 55 heavy (non-hydrogen) atoms. The van der Waals surface area contributed by atoms with Gasteiger partial charge in [0.05, 0.1) is 56.4 Å². The molecular formula is C50H29N5. The van der Waals surface area contributed by atoms with Crippen molar-refractivity contribution in [2.75, 3.05) is 0 Å². The fraction of sp³-hybridized carbons (Fsp3) is 0. The van der Waals surface area contributed by atoms with Crippen LogP contribution in [0.2, 0.25) is 0 Å². The molecule has 0 amide bonds. The number of aromatic nitrogens is 3. The highest BCUT2D eigenvalue weighted by Gasteiger charge is 2.18. The Morgan fingerprint density at radius 1 is 0.327 bits per heavy atom. The molecule has 0 unspecified atom stereocenters. The molecule has 0 N–H and O–H groups in total. The number of para-hydroxylation sites is 4. The summed E-state index contributed by atoms with van der Waals surface area (Å²) in [5.41, 5.74) is 12.6. The molecule has 0 aliphatic heterocycles. The summed E-state index contributed by atoms with van der Waals surface area (Å²) < 4.78 is 6.86. The number of benzene rings is 8. The summed E-state index contributed by atoms with van der Waals surface area (Å²) in [4.78, 5) is 0. The fourth-order valence-electron chi connectivity index (χ4n) is 8.70. The number of rotatable bonds is 4. The summed E-state index contributed by atoms with van der Waals surface area (Å²) in [5, 5.41) is 27.2. The molecule has 3 heterocycles. The number of hydrogen-bond donors (Lipinski definition) is 0. The van der Waals surface area contributed by atoms with E-state index in [1.54, 1.807) is 0 Å². The van der Waals surface area contributed by atoms with E-state index in [4.69, 9.17) is 0 Å². The normalized spacial score (nSPS) is 11.6. The Morgan fingerprint density at radius 2 is 0.745 bits per heavy atom. The van der Waals surface area contributed by atoms with Crippen LogP contribution in [0.15, 0.2) is 176 Å². The zero-order valence-corrected chi connectivity index (χ0v) is 29.5. The van der Waals surface area contributed by atoms with Crippen molar-refractivity contribution in [3.63, 3.8) is 0 Å².